The molecule has 2 fully saturated rings. The molecule has 1 aromatic rings. The summed E-state index contributed by atoms with van der Waals surface area (Å²) in [7, 11) is -1.37. The highest BCUT2D eigenvalue weighted by molar-refractivity contribution is 7.89. The van der Waals surface area contributed by atoms with Crippen LogP contribution in [0.2, 0.25) is 0 Å². The van der Waals surface area contributed by atoms with E-state index >= 15 is 0 Å². The number of hydrogen-bond acceptors (Lipinski definition) is 3. The minimum atomic E-state index is -3.44. The first-order chi connectivity index (χ1) is 12.0. The number of nitrogens with one attached hydrogen (secondary N) is 2. The molecule has 3 rings (SSSR count). The van der Waals surface area contributed by atoms with E-state index in [1.807, 2.05) is 0 Å². The molecule has 0 spiro atoms. The zero-order chi connectivity index (χ0) is 17.9. The largest absolute Gasteiger partial charge is 0.335 e. The van der Waals surface area contributed by atoms with Crippen molar-refractivity contribution in [3.63, 3.8) is 0 Å². The van der Waals surface area contributed by atoms with Crippen LogP contribution < -0.4 is 10.2 Å². The van der Waals surface area contributed by atoms with E-state index in [0.29, 0.717) is 23.7 Å². The molecule has 2 N–H and O–H groups in total. The van der Waals surface area contributed by atoms with Gasteiger partial charge in [-0.15, -0.1) is 0 Å². The van der Waals surface area contributed by atoms with E-state index in [4.69, 9.17) is 0 Å². The Morgan fingerprint density at radius 1 is 1.08 bits per heavy atom. The number of anilines is 1. The fraction of sp³-hybridized carbons (Fsp3) is 0.611. The van der Waals surface area contributed by atoms with Gasteiger partial charge >= 0.3 is 0 Å². The molecule has 2 aliphatic rings. The molecule has 0 unspecified atom stereocenters. The molecule has 1 aliphatic carbocycles. The van der Waals surface area contributed by atoms with Crippen LogP contribution in [0.25, 0.3) is 0 Å². The first-order valence-corrected chi connectivity index (χ1v) is 10.6. The van der Waals surface area contributed by atoms with E-state index in [9.17, 15) is 13.2 Å². The van der Waals surface area contributed by atoms with Crippen molar-refractivity contribution in [2.75, 3.05) is 38.5 Å². The Hall–Kier alpha value is -1.44. The van der Waals surface area contributed by atoms with Gasteiger partial charge in [0, 0.05) is 11.6 Å². The van der Waals surface area contributed by atoms with E-state index in [1.165, 1.54) is 11.3 Å². The van der Waals surface area contributed by atoms with Gasteiger partial charge in [-0.3, -0.25) is 4.79 Å². The summed E-state index contributed by atoms with van der Waals surface area (Å²) >= 11 is 0. The van der Waals surface area contributed by atoms with Gasteiger partial charge in [0.05, 0.1) is 38.1 Å². The standard InChI is InChI=1S/C18H27N3O3S/c1-20-11-13-21(14-12-20)25(23,24)17-9-7-16(8-10-17)19-18(22)15-5-3-2-4-6-15/h7-10,15H,2-6,11-14H2,1H3,(H,19,22)/p+1. The maximum absolute atomic E-state index is 12.7. The summed E-state index contributed by atoms with van der Waals surface area (Å²) in [6.07, 6.45) is 5.33. The van der Waals surface area contributed by atoms with Gasteiger partial charge < -0.3 is 10.2 Å². The molecule has 7 heteroatoms. The Labute approximate surface area is 150 Å². The van der Waals surface area contributed by atoms with Crippen LogP contribution in [-0.4, -0.2) is 51.9 Å². The summed E-state index contributed by atoms with van der Waals surface area (Å²) in [5, 5.41) is 2.92. The van der Waals surface area contributed by atoms with Crippen molar-refractivity contribution < 1.29 is 18.1 Å². The topological polar surface area (TPSA) is 70.9 Å². The molecule has 1 aromatic carbocycles. The molecule has 1 amide bonds. The second kappa shape index (κ2) is 7.85. The van der Waals surface area contributed by atoms with Crippen molar-refractivity contribution in [1.82, 2.24) is 4.31 Å². The SMILES string of the molecule is C[NH+]1CCN(S(=O)(=O)c2ccc(NC(=O)C3CCCCC3)cc2)CC1. The minimum absolute atomic E-state index is 0.0531. The van der Waals surface area contributed by atoms with Gasteiger partial charge in [-0.2, -0.15) is 4.31 Å². The zero-order valence-corrected chi connectivity index (χ0v) is 15.6. The van der Waals surface area contributed by atoms with Crippen molar-refractivity contribution in [3.8, 4) is 0 Å². The molecule has 1 aliphatic heterocycles. The highest BCUT2D eigenvalue weighted by Gasteiger charge is 2.29. The quantitative estimate of drug-likeness (QED) is 0.825. The highest BCUT2D eigenvalue weighted by atomic mass is 32.2. The van der Waals surface area contributed by atoms with E-state index in [1.54, 1.807) is 28.6 Å². The van der Waals surface area contributed by atoms with Gasteiger partial charge in [0.25, 0.3) is 0 Å². The first-order valence-electron chi connectivity index (χ1n) is 9.19. The van der Waals surface area contributed by atoms with Crippen molar-refractivity contribution in [3.05, 3.63) is 24.3 Å². The maximum Gasteiger partial charge on any atom is 0.243 e. The lowest BCUT2D eigenvalue weighted by Gasteiger charge is -2.29. The van der Waals surface area contributed by atoms with E-state index < -0.39 is 10.0 Å². The number of rotatable bonds is 4. The Morgan fingerprint density at radius 2 is 1.68 bits per heavy atom. The van der Waals surface area contributed by atoms with Gasteiger partial charge in [0.2, 0.25) is 15.9 Å². The molecule has 1 heterocycles. The van der Waals surface area contributed by atoms with E-state index in [0.717, 1.165) is 38.8 Å². The smallest absolute Gasteiger partial charge is 0.243 e. The van der Waals surface area contributed by atoms with Crippen molar-refractivity contribution in [1.29, 1.82) is 0 Å². The molecule has 0 aromatic heterocycles. The van der Waals surface area contributed by atoms with Gasteiger partial charge in [0.15, 0.2) is 0 Å². The normalized spacial score (nSPS) is 21.2. The Balaban J connectivity index is 1.64. The van der Waals surface area contributed by atoms with Crippen LogP contribution in [0.15, 0.2) is 29.2 Å². The lowest BCUT2D eigenvalue weighted by molar-refractivity contribution is -0.883. The van der Waals surface area contributed by atoms with Crippen LogP contribution in [-0.2, 0) is 14.8 Å². The van der Waals surface area contributed by atoms with Crippen molar-refractivity contribution >= 4 is 21.6 Å². The molecule has 1 saturated carbocycles. The Bertz CT molecular complexity index is 689. The predicted molar refractivity (Wildman–Crippen MR) is 97.0 cm³/mol. The number of sulfonamides is 1. The van der Waals surface area contributed by atoms with E-state index in [2.05, 4.69) is 12.4 Å². The second-order valence-corrected chi connectivity index (χ2v) is 9.15. The lowest BCUT2D eigenvalue weighted by atomic mass is 9.88. The zero-order valence-electron chi connectivity index (χ0n) is 14.8. The van der Waals surface area contributed by atoms with Crippen LogP contribution in [0.4, 0.5) is 5.69 Å². The predicted octanol–water partition coefficient (Wildman–Crippen LogP) is 0.724. The molecule has 0 atom stereocenters. The summed E-state index contributed by atoms with van der Waals surface area (Å²) in [4.78, 5) is 13.9. The van der Waals surface area contributed by atoms with Crippen molar-refractivity contribution in [2.45, 2.75) is 37.0 Å². The average molecular weight is 367 g/mol. The maximum atomic E-state index is 12.7. The number of hydrogen-bond donors (Lipinski definition) is 2. The number of carbonyl (C=O) groups is 1. The highest BCUT2D eigenvalue weighted by Crippen LogP contribution is 2.25. The Morgan fingerprint density at radius 3 is 2.28 bits per heavy atom. The number of piperazine rings is 1. The summed E-state index contributed by atoms with van der Waals surface area (Å²) < 4.78 is 27.0. The fourth-order valence-electron chi connectivity index (χ4n) is 3.58. The van der Waals surface area contributed by atoms with Crippen LogP contribution >= 0.6 is 0 Å². The molecular weight excluding hydrogens is 338 g/mol. The summed E-state index contributed by atoms with van der Waals surface area (Å²) in [6, 6.07) is 6.57. The molecule has 0 bridgehead atoms. The van der Waals surface area contributed by atoms with Gasteiger partial charge in [-0.05, 0) is 37.1 Å². The molecule has 0 radical (unpaired) electrons. The number of nitrogens with zero attached hydrogens (tertiary/aromatic N) is 1. The third kappa shape index (κ3) is 4.40. The van der Waals surface area contributed by atoms with Gasteiger partial charge in [0.1, 0.15) is 0 Å². The number of likely N-dealkylation sites (N-methyl/N-ethyl adjacent to an activating group) is 1. The van der Waals surface area contributed by atoms with Gasteiger partial charge in [-0.25, -0.2) is 8.42 Å². The van der Waals surface area contributed by atoms with Crippen LogP contribution in [0.5, 0.6) is 0 Å². The first kappa shape index (κ1) is 18.4. The molecule has 138 valence electrons. The molecule has 6 nitrogen and oxygen atoms in total. The average Bonchev–Trinajstić information content (AvgIpc) is 2.63. The van der Waals surface area contributed by atoms with Crippen LogP contribution in [0.3, 0.4) is 0 Å². The molecular formula is C18H28N3O3S+. The van der Waals surface area contributed by atoms with Crippen LogP contribution in [0, 0.1) is 5.92 Å². The molecule has 25 heavy (non-hydrogen) atoms. The fourth-order valence-corrected chi connectivity index (χ4v) is 5.02. The summed E-state index contributed by atoms with van der Waals surface area (Å²) in [6.45, 7) is 2.76. The number of quaternary nitrogens is 1. The van der Waals surface area contributed by atoms with Crippen LogP contribution in [0.1, 0.15) is 32.1 Å². The Kier molecular flexibility index (Phi) is 5.76. The summed E-state index contributed by atoms with van der Waals surface area (Å²) in [5.41, 5.74) is 0.664. The second-order valence-electron chi connectivity index (χ2n) is 7.21. The summed E-state index contributed by atoms with van der Waals surface area (Å²) in [5.74, 6) is 0.141. The molecule has 1 saturated heterocycles. The third-order valence-corrected chi connectivity index (χ3v) is 7.22. The lowest BCUT2D eigenvalue weighted by Crippen LogP contribution is -3.12. The van der Waals surface area contributed by atoms with Crippen molar-refractivity contribution in [2.24, 2.45) is 5.92 Å². The van der Waals surface area contributed by atoms with Gasteiger partial charge in [-0.1, -0.05) is 19.3 Å². The number of benzene rings is 1. The monoisotopic (exact) mass is 366 g/mol. The number of carbonyl (C=O) groups excluding carboxylic acids is 1. The third-order valence-electron chi connectivity index (χ3n) is 5.31. The minimum Gasteiger partial charge on any atom is -0.335 e. The van der Waals surface area contributed by atoms with E-state index in [-0.39, 0.29) is 11.8 Å². The number of amides is 1.